The largest absolute Gasteiger partial charge is 0.479 e. The van der Waals surface area contributed by atoms with Gasteiger partial charge in [-0.15, -0.1) is 0 Å². The van der Waals surface area contributed by atoms with Crippen LogP contribution in [0.3, 0.4) is 0 Å². The summed E-state index contributed by atoms with van der Waals surface area (Å²) in [4.78, 5) is 41.4. The molecule has 3 aromatic heterocycles. The first-order valence-electron chi connectivity index (χ1n) is 9.95. The van der Waals surface area contributed by atoms with Gasteiger partial charge in [0, 0.05) is 32.1 Å². The number of carbonyl (C=O) groups excluding carboxylic acids is 2. The lowest BCUT2D eigenvalue weighted by atomic mass is 10.3. The first-order chi connectivity index (χ1) is 16.2. The Labute approximate surface area is 205 Å². The molecule has 34 heavy (non-hydrogen) atoms. The molecule has 182 valence electrons. The Morgan fingerprint density at radius 2 is 1.65 bits per heavy atom. The third-order valence-corrected chi connectivity index (χ3v) is 4.55. The van der Waals surface area contributed by atoms with E-state index in [1.807, 2.05) is 0 Å². The summed E-state index contributed by atoms with van der Waals surface area (Å²) in [6.07, 6.45) is 3.81. The van der Waals surface area contributed by atoms with Crippen molar-refractivity contribution >= 4 is 57.7 Å². The van der Waals surface area contributed by atoms with E-state index in [9.17, 15) is 9.59 Å². The van der Waals surface area contributed by atoms with Gasteiger partial charge in [0.2, 0.25) is 22.3 Å². The quantitative estimate of drug-likeness (QED) is 0.334. The maximum atomic E-state index is 11.0. The number of ether oxygens (including phenoxy) is 2. The van der Waals surface area contributed by atoms with Crippen LogP contribution in [0.25, 0.3) is 11.0 Å². The lowest BCUT2D eigenvalue weighted by Crippen LogP contribution is -2.05. The van der Waals surface area contributed by atoms with Crippen molar-refractivity contribution in [1.29, 1.82) is 0 Å². The minimum Gasteiger partial charge on any atom is -0.479 e. The van der Waals surface area contributed by atoms with Crippen LogP contribution in [0.1, 0.15) is 32.4 Å². The molecule has 0 radical (unpaired) electrons. The summed E-state index contributed by atoms with van der Waals surface area (Å²) in [6, 6.07) is 0. The number of methoxy groups -OCH3 is 2. The van der Waals surface area contributed by atoms with Gasteiger partial charge >= 0.3 is 0 Å². The summed E-state index contributed by atoms with van der Waals surface area (Å²) >= 11 is 11.4. The number of nitrogens with two attached hydrogens (primary N) is 1. The highest BCUT2D eigenvalue weighted by atomic mass is 35.5. The average molecular weight is 511 g/mol. The zero-order valence-electron chi connectivity index (χ0n) is 19.1. The number of nitrogens with zero attached hydrogens (tertiary/aromatic N) is 7. The van der Waals surface area contributed by atoms with Crippen LogP contribution < -0.4 is 15.2 Å². The van der Waals surface area contributed by atoms with E-state index in [2.05, 4.69) is 30.0 Å². The molecule has 12 nitrogen and oxygen atoms in total. The van der Waals surface area contributed by atoms with E-state index in [-0.39, 0.29) is 33.7 Å². The van der Waals surface area contributed by atoms with Crippen LogP contribution >= 0.6 is 23.2 Å². The van der Waals surface area contributed by atoms with Crippen molar-refractivity contribution in [1.82, 2.24) is 29.7 Å². The summed E-state index contributed by atoms with van der Waals surface area (Å²) < 4.78 is 11.7. The zero-order chi connectivity index (χ0) is 25.3. The van der Waals surface area contributed by atoms with Crippen molar-refractivity contribution in [2.24, 2.45) is 4.99 Å². The molecule has 0 bridgehead atoms. The number of fused-ring (bicyclic) bond motifs is 1. The Bertz CT molecular complexity index is 1200. The topological polar surface area (TPSA) is 160 Å². The molecule has 0 aliphatic carbocycles. The predicted molar refractivity (Wildman–Crippen MR) is 128 cm³/mol. The third-order valence-electron chi connectivity index (χ3n) is 4.21. The maximum absolute atomic E-state index is 11.0. The van der Waals surface area contributed by atoms with E-state index in [1.165, 1.54) is 34.3 Å². The van der Waals surface area contributed by atoms with Gasteiger partial charge in [-0.1, -0.05) is 0 Å². The number of carbonyl (C=O) groups is 2. The number of halogens is 2. The second-order valence-electron chi connectivity index (χ2n) is 6.84. The van der Waals surface area contributed by atoms with Gasteiger partial charge in [-0.05, 0) is 37.0 Å². The van der Waals surface area contributed by atoms with Gasteiger partial charge in [-0.2, -0.15) is 15.1 Å². The molecular formula is C20H24Cl2N8O4. The molecule has 0 saturated carbocycles. The predicted octanol–water partition coefficient (Wildman–Crippen LogP) is 2.59. The van der Waals surface area contributed by atoms with Crippen molar-refractivity contribution in [2.75, 3.05) is 26.5 Å². The normalized spacial score (nSPS) is 10.8. The molecule has 0 aromatic carbocycles. The van der Waals surface area contributed by atoms with Gasteiger partial charge in [0.15, 0.2) is 0 Å². The molecule has 0 unspecified atom stereocenters. The van der Waals surface area contributed by atoms with Crippen molar-refractivity contribution < 1.29 is 19.1 Å². The van der Waals surface area contributed by atoms with Gasteiger partial charge < -0.3 is 15.2 Å². The van der Waals surface area contributed by atoms with Crippen molar-refractivity contribution in [3.63, 3.8) is 0 Å². The molecule has 0 amide bonds. The Hall–Kier alpha value is -3.38. The number of aliphatic imine (C=N–C) groups is 1. The fourth-order valence-electron chi connectivity index (χ4n) is 2.58. The van der Waals surface area contributed by atoms with Crippen molar-refractivity contribution in [2.45, 2.75) is 33.2 Å². The molecule has 3 rings (SSSR count). The Kier molecular flexibility index (Phi) is 10.1. The first-order valence-corrected chi connectivity index (χ1v) is 10.7. The molecular weight excluding hydrogens is 487 g/mol. The van der Waals surface area contributed by atoms with Crippen LogP contribution in [0.15, 0.2) is 11.2 Å². The van der Waals surface area contributed by atoms with Crippen LogP contribution in [-0.2, 0) is 16.1 Å². The first kappa shape index (κ1) is 26.9. The number of anilines is 1. The maximum Gasteiger partial charge on any atom is 0.244 e. The number of nitrogen functional groups attached to an aromatic ring is 1. The Morgan fingerprint density at radius 1 is 1.03 bits per heavy atom. The van der Waals surface area contributed by atoms with Gasteiger partial charge in [0.05, 0.1) is 20.4 Å². The summed E-state index contributed by atoms with van der Waals surface area (Å²) in [5.41, 5.74) is 7.64. The summed E-state index contributed by atoms with van der Waals surface area (Å²) in [5.74, 6) is 0.745. The second-order valence-corrected chi connectivity index (χ2v) is 7.52. The average Bonchev–Trinajstić information content (AvgIpc) is 3.19. The SMILES string of the molecule is COc1nc(Cl)nc(C=NCCC(C)=O)c1N.COc1nc(Cl)nc2cnn(CCC(C)=O)c12. The molecule has 14 heteroatoms. The van der Waals surface area contributed by atoms with Crippen LogP contribution in [-0.4, -0.2) is 68.3 Å². The third kappa shape index (κ3) is 7.59. The number of hydrogen-bond acceptors (Lipinski definition) is 11. The van der Waals surface area contributed by atoms with Gasteiger partial charge in [-0.25, -0.2) is 9.97 Å². The highest BCUT2D eigenvalue weighted by Crippen LogP contribution is 2.24. The van der Waals surface area contributed by atoms with Crippen LogP contribution in [0.4, 0.5) is 5.69 Å². The Balaban J connectivity index is 0.000000240. The summed E-state index contributed by atoms with van der Waals surface area (Å²) in [5, 5.41) is 4.28. The number of hydrogen-bond donors (Lipinski definition) is 1. The van der Waals surface area contributed by atoms with Crippen molar-refractivity contribution in [3.05, 3.63) is 22.5 Å². The van der Waals surface area contributed by atoms with Crippen molar-refractivity contribution in [3.8, 4) is 11.8 Å². The lowest BCUT2D eigenvalue weighted by Gasteiger charge is -2.05. The molecule has 0 aliphatic heterocycles. The molecule has 0 fully saturated rings. The monoisotopic (exact) mass is 510 g/mol. The molecule has 0 atom stereocenters. The van der Waals surface area contributed by atoms with E-state index in [1.54, 1.807) is 10.9 Å². The number of rotatable bonds is 9. The van der Waals surface area contributed by atoms with Gasteiger partial charge in [-0.3, -0.25) is 19.3 Å². The molecule has 3 heterocycles. The summed E-state index contributed by atoms with van der Waals surface area (Å²) in [7, 11) is 2.94. The molecule has 0 aliphatic rings. The zero-order valence-corrected chi connectivity index (χ0v) is 20.6. The van der Waals surface area contributed by atoms with Crippen LogP contribution in [0.5, 0.6) is 11.8 Å². The molecule has 0 saturated heterocycles. The highest BCUT2D eigenvalue weighted by molar-refractivity contribution is 6.28. The van der Waals surface area contributed by atoms with Gasteiger partial charge in [0.1, 0.15) is 34.0 Å². The van der Waals surface area contributed by atoms with E-state index >= 15 is 0 Å². The smallest absolute Gasteiger partial charge is 0.244 e. The molecule has 0 spiro atoms. The minimum atomic E-state index is 0.0315. The minimum absolute atomic E-state index is 0.0315. The second kappa shape index (κ2) is 12.8. The fourth-order valence-corrected chi connectivity index (χ4v) is 2.91. The molecule has 2 N–H and O–H groups in total. The van der Waals surface area contributed by atoms with E-state index in [0.717, 1.165) is 0 Å². The highest BCUT2D eigenvalue weighted by Gasteiger charge is 2.13. The standard InChI is InChI=1S/C10H11ClN4O2.C10H13ClN4O2/c1-6(16)3-4-15-8-7(5-12-15)13-10(11)14-9(8)17-2;1-6(16)3-4-13-5-7-8(12)9(17-2)15-10(11)14-7/h5H,3-4H2,1-2H3;5H,3-4,12H2,1-2H3. The number of aromatic nitrogens is 6. The number of Topliss-reactive ketones (excluding diaryl/α,β-unsaturated/α-hetero) is 2. The fraction of sp³-hybridized carbons (Fsp3) is 0.400. The van der Waals surface area contributed by atoms with E-state index in [0.29, 0.717) is 48.5 Å². The van der Waals surface area contributed by atoms with Crippen LogP contribution in [0, 0.1) is 0 Å². The lowest BCUT2D eigenvalue weighted by molar-refractivity contribution is -0.117. The number of ketones is 2. The van der Waals surface area contributed by atoms with E-state index < -0.39 is 0 Å². The summed E-state index contributed by atoms with van der Waals surface area (Å²) in [6.45, 7) is 3.91. The Morgan fingerprint density at radius 3 is 2.26 bits per heavy atom. The molecule has 3 aromatic rings. The van der Waals surface area contributed by atoms with Crippen LogP contribution in [0.2, 0.25) is 10.6 Å². The van der Waals surface area contributed by atoms with E-state index in [4.69, 9.17) is 38.4 Å². The number of aryl methyl sites for hydroxylation is 1. The van der Waals surface area contributed by atoms with Gasteiger partial charge in [0.25, 0.3) is 0 Å².